The number of para-hydroxylation sites is 8. The maximum atomic E-state index is 6.21. The van der Waals surface area contributed by atoms with Gasteiger partial charge in [-0.1, -0.05) is 224 Å². The smallest absolute Gasteiger partial charge is 0.145 e. The van der Waals surface area contributed by atoms with Crippen molar-refractivity contribution < 1.29 is 17.7 Å². The largest absolute Gasteiger partial charge is 0.456 e. The normalized spacial score (nSPS) is 11.9. The summed E-state index contributed by atoms with van der Waals surface area (Å²) in [7, 11) is 0. The molecule has 9 heterocycles. The maximum Gasteiger partial charge on any atom is 0.145 e. The third-order valence-electron chi connectivity index (χ3n) is 26.6. The Labute approximate surface area is 754 Å². The molecule has 9 aromatic heterocycles. The molecule has 132 heavy (non-hydrogen) atoms. The first-order valence-corrected chi connectivity index (χ1v) is 44.5. The first kappa shape index (κ1) is 74.3. The van der Waals surface area contributed by atoms with E-state index in [0.717, 1.165) is 233 Å². The van der Waals surface area contributed by atoms with Gasteiger partial charge in [-0.3, -0.25) is 14.1 Å². The van der Waals surface area contributed by atoms with Crippen LogP contribution in [-0.4, -0.2) is 33.2 Å². The van der Waals surface area contributed by atoms with Crippen molar-refractivity contribution in [3.05, 3.63) is 443 Å². The summed E-state index contributed by atoms with van der Waals surface area (Å²) in [6, 6.07) is 153. The van der Waals surface area contributed by atoms with Gasteiger partial charge in [0.1, 0.15) is 56.3 Å². The zero-order chi connectivity index (χ0) is 86.6. The van der Waals surface area contributed by atoms with E-state index in [1.807, 2.05) is 79.1 Å². The van der Waals surface area contributed by atoms with Crippen LogP contribution in [0, 0.1) is 0 Å². The van der Waals surface area contributed by atoms with Crippen LogP contribution in [0.3, 0.4) is 0 Å². The third kappa shape index (κ3) is 12.2. The van der Waals surface area contributed by atoms with Crippen LogP contribution >= 0.6 is 0 Å². The van der Waals surface area contributed by atoms with E-state index in [2.05, 4.69) is 387 Å². The zero-order valence-corrected chi connectivity index (χ0v) is 70.9. The fourth-order valence-electron chi connectivity index (χ4n) is 20.2. The monoisotopic (exact) mass is 1690 g/mol. The molecule has 28 aromatic rings. The van der Waals surface area contributed by atoms with Gasteiger partial charge in [0.15, 0.2) is 0 Å². The van der Waals surface area contributed by atoms with E-state index in [1.165, 1.54) is 32.7 Å². The topological polar surface area (TPSA) is 111 Å². The molecule has 0 saturated carbocycles. The molecule has 0 unspecified atom stereocenters. The molecule has 0 atom stereocenters. The van der Waals surface area contributed by atoms with Crippen LogP contribution in [0.4, 0.5) is 0 Å². The number of hydrogen-bond acceptors (Lipinski definition) is 7. The van der Waals surface area contributed by atoms with Gasteiger partial charge in [-0.05, 0) is 273 Å². The summed E-state index contributed by atoms with van der Waals surface area (Å²) in [5, 5.41) is 13.7. The summed E-state index contributed by atoms with van der Waals surface area (Å²) in [5.74, 6) is 1.80. The Morgan fingerprint density at radius 3 is 0.712 bits per heavy atom. The molecule has 0 radical (unpaired) electrons. The molecule has 0 bridgehead atoms. The lowest BCUT2D eigenvalue weighted by Gasteiger charge is -2.13. The average molecular weight is 1690 g/mol. The van der Waals surface area contributed by atoms with Crippen LogP contribution < -0.4 is 0 Å². The Kier molecular flexibility index (Phi) is 16.8. The van der Waals surface area contributed by atoms with Crippen molar-refractivity contribution in [2.24, 2.45) is 0 Å². The molecule has 0 fully saturated rings. The number of imidazole rings is 2. The summed E-state index contributed by atoms with van der Waals surface area (Å²) in [5.41, 5.74) is 35.9. The second-order valence-corrected chi connectivity index (χ2v) is 34.1. The average Bonchev–Trinajstić information content (AvgIpc) is 1.58. The summed E-state index contributed by atoms with van der Waals surface area (Å²) >= 11 is 0. The Bertz CT molecular complexity index is 8620. The van der Waals surface area contributed by atoms with Gasteiger partial charge in [0.2, 0.25) is 0 Å². The Morgan fingerprint density at radius 2 is 0.386 bits per heavy atom. The molecule has 616 valence electrons. The van der Waals surface area contributed by atoms with Crippen LogP contribution in [0.2, 0.25) is 0 Å². The van der Waals surface area contributed by atoms with Gasteiger partial charge in [0.05, 0.1) is 44.1 Å². The highest BCUT2D eigenvalue weighted by Gasteiger charge is 2.24. The van der Waals surface area contributed by atoms with Crippen molar-refractivity contribution in [3.63, 3.8) is 0 Å². The van der Waals surface area contributed by atoms with Gasteiger partial charge in [-0.25, -0.2) is 9.97 Å². The quantitative estimate of drug-likeness (QED) is 0.120. The molecule has 0 N–H and O–H groups in total. The number of aromatic nitrogens is 7. The first-order valence-electron chi connectivity index (χ1n) is 44.5. The number of hydrogen-bond donors (Lipinski definition) is 0. The van der Waals surface area contributed by atoms with Crippen molar-refractivity contribution in [3.8, 4) is 112 Å². The Balaban J connectivity index is 0.000000135. The molecule has 28 rings (SSSR count). The van der Waals surface area contributed by atoms with E-state index in [9.17, 15) is 0 Å². The van der Waals surface area contributed by atoms with Gasteiger partial charge >= 0.3 is 0 Å². The minimum Gasteiger partial charge on any atom is -0.456 e. The standard InChI is InChI=1S/C61H37N3O2.C60H36N4O2/c1-2-10-38(11-3-1)39-18-20-40(21-19-39)61-62-53-14-6-7-15-56(53)64(61)46-28-26-45(27-29-46)63-54-30-22-41(43-24-32-59-51(36-43)47-12-4-8-16-57(47)65-59)34-49(54)50-35-42(23-31-55(50)63)44-25-33-60-52(37-44)48-13-5-9-17-58(48)66-60;1-5-11-56-46(7-1)50-35-42(19-27-58(50)65-56)40-17-25-53-48(33-40)49-34-41(43-20-28-59-51(36-43)47-8-2-6-12-57(47)66-59)18-26-54(49)63(53)44-21-23-45(24-22-44)64-55-10-4-3-9-52(55)62-60(64)39-15-13-37(14-16-39)38-29-31-61-32-30-38/h1-37H;1-36H. The predicted octanol–water partition coefficient (Wildman–Crippen LogP) is 32.6. The maximum absolute atomic E-state index is 6.21. The van der Waals surface area contributed by atoms with Gasteiger partial charge in [0.25, 0.3) is 0 Å². The van der Waals surface area contributed by atoms with E-state index in [-0.39, 0.29) is 0 Å². The number of benzene rings is 19. The molecule has 0 saturated heterocycles. The molecule has 19 aromatic carbocycles. The molecular formula is C121H73N7O4. The van der Waals surface area contributed by atoms with Gasteiger partial charge < -0.3 is 26.8 Å². The fourth-order valence-corrected chi connectivity index (χ4v) is 20.2. The molecule has 0 aliphatic carbocycles. The molecule has 0 amide bonds. The van der Waals surface area contributed by atoms with Gasteiger partial charge in [0, 0.05) is 111 Å². The van der Waals surface area contributed by atoms with E-state index >= 15 is 0 Å². The summed E-state index contributed by atoms with van der Waals surface area (Å²) in [6.07, 6.45) is 3.66. The van der Waals surface area contributed by atoms with Crippen molar-refractivity contribution >= 4 is 153 Å². The predicted molar refractivity (Wildman–Crippen MR) is 541 cm³/mol. The number of rotatable bonds is 12. The van der Waals surface area contributed by atoms with Crippen molar-refractivity contribution in [1.29, 1.82) is 0 Å². The second-order valence-electron chi connectivity index (χ2n) is 34.1. The summed E-state index contributed by atoms with van der Waals surface area (Å²) in [4.78, 5) is 14.6. The highest BCUT2D eigenvalue weighted by Crippen LogP contribution is 2.46. The molecular weight excluding hydrogens is 1620 g/mol. The van der Waals surface area contributed by atoms with Crippen molar-refractivity contribution in [2.75, 3.05) is 0 Å². The van der Waals surface area contributed by atoms with Crippen molar-refractivity contribution in [1.82, 2.24) is 33.2 Å². The Hall–Kier alpha value is -17.9. The molecule has 0 aliphatic heterocycles. The highest BCUT2D eigenvalue weighted by atomic mass is 16.3. The zero-order valence-electron chi connectivity index (χ0n) is 70.9. The molecule has 11 heteroatoms. The summed E-state index contributed by atoms with van der Waals surface area (Å²) < 4.78 is 34.2. The summed E-state index contributed by atoms with van der Waals surface area (Å²) in [6.45, 7) is 0. The minimum atomic E-state index is 0.892. The number of fused-ring (bicyclic) bond motifs is 20. The van der Waals surface area contributed by atoms with Crippen LogP contribution in [0.15, 0.2) is 461 Å². The minimum absolute atomic E-state index is 0.892. The van der Waals surface area contributed by atoms with E-state index < -0.39 is 0 Å². The fraction of sp³-hybridized carbons (Fsp3) is 0. The lowest BCUT2D eigenvalue weighted by molar-refractivity contribution is 0.668. The Morgan fingerprint density at radius 1 is 0.152 bits per heavy atom. The lowest BCUT2D eigenvalue weighted by Crippen LogP contribution is -1.99. The molecule has 11 nitrogen and oxygen atoms in total. The van der Waals surface area contributed by atoms with E-state index in [4.69, 9.17) is 27.6 Å². The highest BCUT2D eigenvalue weighted by molar-refractivity contribution is 6.16. The first-order chi connectivity index (χ1) is 65.4. The lowest BCUT2D eigenvalue weighted by atomic mass is 9.98. The SMILES string of the molecule is c1ccc(-c2ccc(-c3nc4ccccc4n3-c3ccc(-n4c5ccc(-c6ccc7oc8ccccc8c7c6)cc5c5cc(-c6ccc7oc8ccccc8c7c6)ccc54)cc3)cc2)cc1.c1ccc2c(c1)nc(-c1ccc(-c3ccncc3)cc1)n2-c1ccc(-n2c3ccc(-c4ccc5oc6ccccc6c5c4)cc3c3cc(-c4ccc5oc6ccccc6c5c4)ccc32)cc1. The van der Waals surface area contributed by atoms with Crippen LogP contribution in [0.25, 0.3) is 266 Å². The molecule has 0 aliphatic rings. The second kappa shape index (κ2) is 29.9. The van der Waals surface area contributed by atoms with Crippen molar-refractivity contribution in [2.45, 2.75) is 0 Å². The van der Waals surface area contributed by atoms with E-state index in [1.54, 1.807) is 0 Å². The molecule has 0 spiro atoms. The van der Waals surface area contributed by atoms with Crippen LogP contribution in [0.1, 0.15) is 0 Å². The van der Waals surface area contributed by atoms with Gasteiger partial charge in [-0.2, -0.15) is 0 Å². The number of furan rings is 4. The number of nitrogens with zero attached hydrogens (tertiary/aromatic N) is 7. The van der Waals surface area contributed by atoms with E-state index in [0.29, 0.717) is 0 Å². The number of pyridine rings is 1. The van der Waals surface area contributed by atoms with Gasteiger partial charge in [-0.15, -0.1) is 0 Å². The van der Waals surface area contributed by atoms with Crippen LogP contribution in [0.5, 0.6) is 0 Å². The third-order valence-corrected chi connectivity index (χ3v) is 26.6. The van der Waals surface area contributed by atoms with Crippen LogP contribution in [-0.2, 0) is 0 Å².